The number of nitrogens with zero attached hydrogens (tertiary/aromatic N) is 3. The molecule has 118 valence electrons. The van der Waals surface area contributed by atoms with Crippen molar-refractivity contribution in [2.75, 3.05) is 12.3 Å². The third-order valence-corrected chi connectivity index (χ3v) is 5.47. The number of para-hydroxylation sites is 1. The van der Waals surface area contributed by atoms with Gasteiger partial charge in [0.1, 0.15) is 5.37 Å². The van der Waals surface area contributed by atoms with Crippen LogP contribution in [0.5, 0.6) is 0 Å². The van der Waals surface area contributed by atoms with Crippen LogP contribution in [0.3, 0.4) is 0 Å². The summed E-state index contributed by atoms with van der Waals surface area (Å²) >= 11 is 1.72. The minimum Gasteiger partial charge on any atom is -0.361 e. The first-order chi connectivity index (χ1) is 11.3. The van der Waals surface area contributed by atoms with Crippen LogP contribution >= 0.6 is 11.8 Å². The molecule has 1 N–H and O–H groups in total. The molecule has 3 heterocycles. The first-order valence-electron chi connectivity index (χ1n) is 7.76. The Labute approximate surface area is 138 Å². The van der Waals surface area contributed by atoms with Gasteiger partial charge in [-0.25, -0.2) is 4.98 Å². The minimum absolute atomic E-state index is 0.112. The lowest BCUT2D eigenvalue weighted by Crippen LogP contribution is -2.29. The average molecular weight is 326 g/mol. The number of nitrogens with one attached hydrogen (secondary N) is 1. The number of H-pyrrole nitrogens is 1. The highest BCUT2D eigenvalue weighted by molar-refractivity contribution is 8.00. The zero-order chi connectivity index (χ0) is 15.6. The van der Waals surface area contributed by atoms with Crippen molar-refractivity contribution >= 4 is 28.6 Å². The summed E-state index contributed by atoms with van der Waals surface area (Å²) in [6.45, 7) is 1.66. The Morgan fingerprint density at radius 3 is 3.09 bits per heavy atom. The van der Waals surface area contributed by atoms with E-state index in [-0.39, 0.29) is 11.3 Å². The summed E-state index contributed by atoms with van der Waals surface area (Å²) in [4.78, 5) is 21.7. The van der Waals surface area contributed by atoms with Crippen molar-refractivity contribution in [3.05, 3.63) is 54.7 Å². The fourth-order valence-corrected chi connectivity index (χ4v) is 4.34. The summed E-state index contributed by atoms with van der Waals surface area (Å²) in [7, 11) is 0. The van der Waals surface area contributed by atoms with Gasteiger partial charge in [-0.15, -0.1) is 11.8 Å². The van der Waals surface area contributed by atoms with E-state index < -0.39 is 0 Å². The number of fused-ring (bicyclic) bond motifs is 1. The highest BCUT2D eigenvalue weighted by atomic mass is 32.2. The van der Waals surface area contributed by atoms with E-state index in [0.717, 1.165) is 25.0 Å². The van der Waals surface area contributed by atoms with Crippen molar-refractivity contribution in [2.24, 2.45) is 0 Å². The van der Waals surface area contributed by atoms with Crippen molar-refractivity contribution < 1.29 is 4.79 Å². The fourth-order valence-electron chi connectivity index (χ4n) is 3.09. The third-order valence-electron chi connectivity index (χ3n) is 4.23. The number of amides is 1. The van der Waals surface area contributed by atoms with E-state index in [2.05, 4.69) is 22.1 Å². The Balaban J connectivity index is 1.51. The molecule has 6 heteroatoms. The van der Waals surface area contributed by atoms with Gasteiger partial charge >= 0.3 is 0 Å². The average Bonchev–Trinajstić information content (AvgIpc) is 3.28. The molecule has 5 nitrogen and oxygen atoms in total. The van der Waals surface area contributed by atoms with Gasteiger partial charge in [0.15, 0.2) is 0 Å². The number of carbonyl (C=O) groups excluding carboxylic acids is 1. The number of benzene rings is 1. The molecular weight excluding hydrogens is 308 g/mol. The van der Waals surface area contributed by atoms with Gasteiger partial charge in [-0.05, 0) is 12.5 Å². The van der Waals surface area contributed by atoms with Gasteiger partial charge in [-0.2, -0.15) is 0 Å². The first kappa shape index (κ1) is 14.4. The Morgan fingerprint density at radius 1 is 1.30 bits per heavy atom. The number of rotatable bonds is 5. The number of aromatic amines is 1. The summed E-state index contributed by atoms with van der Waals surface area (Å²) in [6, 6.07) is 8.26. The molecule has 1 saturated heterocycles. The summed E-state index contributed by atoms with van der Waals surface area (Å²) in [5.74, 6) is 0.797. The van der Waals surface area contributed by atoms with Gasteiger partial charge in [-0.1, -0.05) is 18.2 Å². The molecule has 4 rings (SSSR count). The Bertz CT molecular complexity index is 811. The molecule has 0 aliphatic carbocycles. The highest BCUT2D eigenvalue weighted by Crippen LogP contribution is 2.41. The number of aromatic nitrogens is 3. The summed E-state index contributed by atoms with van der Waals surface area (Å²) < 4.78 is 2.05. The second-order valence-electron chi connectivity index (χ2n) is 5.69. The van der Waals surface area contributed by atoms with Crippen molar-refractivity contribution in [1.29, 1.82) is 0 Å². The van der Waals surface area contributed by atoms with Crippen LogP contribution in [0.25, 0.3) is 10.9 Å². The van der Waals surface area contributed by atoms with Crippen LogP contribution < -0.4 is 0 Å². The van der Waals surface area contributed by atoms with Gasteiger partial charge in [-0.3, -0.25) is 4.79 Å². The van der Waals surface area contributed by atoms with Gasteiger partial charge in [0.25, 0.3) is 0 Å². The van der Waals surface area contributed by atoms with E-state index in [1.54, 1.807) is 18.0 Å². The highest BCUT2D eigenvalue weighted by Gasteiger charge is 2.33. The number of carbonyl (C=O) groups is 1. The summed E-state index contributed by atoms with van der Waals surface area (Å²) in [5.41, 5.74) is 2.33. The van der Waals surface area contributed by atoms with Crippen LogP contribution in [-0.2, 0) is 11.3 Å². The second kappa shape index (κ2) is 6.12. The lowest BCUT2D eigenvalue weighted by molar-refractivity contribution is -0.128. The Morgan fingerprint density at radius 2 is 2.22 bits per heavy atom. The molecule has 1 amide bonds. The maximum absolute atomic E-state index is 12.3. The molecule has 1 aromatic carbocycles. The molecule has 0 bridgehead atoms. The van der Waals surface area contributed by atoms with Crippen molar-refractivity contribution in [2.45, 2.75) is 18.3 Å². The molecule has 2 aromatic heterocycles. The Hall–Kier alpha value is -2.21. The largest absolute Gasteiger partial charge is 0.361 e. The molecule has 1 fully saturated rings. The normalized spacial score (nSPS) is 18.2. The van der Waals surface area contributed by atoms with Crippen molar-refractivity contribution in [1.82, 2.24) is 19.4 Å². The zero-order valence-electron chi connectivity index (χ0n) is 12.7. The fraction of sp³-hybridized carbons (Fsp3) is 0.294. The molecule has 0 radical (unpaired) electrons. The molecule has 1 aliphatic heterocycles. The third kappa shape index (κ3) is 2.74. The van der Waals surface area contributed by atoms with Crippen LogP contribution in [0.15, 0.2) is 49.2 Å². The standard InChI is InChI=1S/C17H18N4OS/c22-16-11-23-17(14-10-19-15-5-2-1-4-13(14)15)21(16)8-3-7-20-9-6-18-12-20/h1-2,4-6,9-10,12,17,19H,3,7-8,11H2. The second-order valence-corrected chi connectivity index (χ2v) is 6.76. The molecule has 0 spiro atoms. The number of aryl methyl sites for hydroxylation is 1. The molecule has 1 aliphatic rings. The Kier molecular flexibility index (Phi) is 3.83. The van der Waals surface area contributed by atoms with Crippen LogP contribution in [0, 0.1) is 0 Å². The van der Waals surface area contributed by atoms with Crippen LogP contribution in [0.1, 0.15) is 17.4 Å². The monoisotopic (exact) mass is 326 g/mol. The van der Waals surface area contributed by atoms with Crippen LogP contribution in [0.4, 0.5) is 0 Å². The van der Waals surface area contributed by atoms with E-state index in [1.807, 2.05) is 40.3 Å². The molecule has 1 unspecified atom stereocenters. The van der Waals surface area contributed by atoms with Crippen LogP contribution in [-0.4, -0.2) is 37.6 Å². The van der Waals surface area contributed by atoms with Gasteiger partial charge in [0.05, 0.1) is 12.1 Å². The first-order valence-corrected chi connectivity index (χ1v) is 8.80. The van der Waals surface area contributed by atoms with Gasteiger partial charge in [0.2, 0.25) is 5.91 Å². The van der Waals surface area contributed by atoms with Gasteiger partial charge in [0, 0.05) is 48.1 Å². The molecule has 0 saturated carbocycles. The lowest BCUT2D eigenvalue weighted by atomic mass is 10.1. The predicted molar refractivity (Wildman–Crippen MR) is 92.1 cm³/mol. The van der Waals surface area contributed by atoms with Gasteiger partial charge < -0.3 is 14.5 Å². The van der Waals surface area contributed by atoms with E-state index >= 15 is 0 Å². The number of thioether (sulfide) groups is 1. The molecule has 3 aromatic rings. The van der Waals surface area contributed by atoms with Crippen molar-refractivity contribution in [3.63, 3.8) is 0 Å². The van der Waals surface area contributed by atoms with E-state index in [9.17, 15) is 4.79 Å². The van der Waals surface area contributed by atoms with Crippen LogP contribution in [0.2, 0.25) is 0 Å². The van der Waals surface area contributed by atoms with E-state index in [4.69, 9.17) is 0 Å². The quantitative estimate of drug-likeness (QED) is 0.784. The van der Waals surface area contributed by atoms with E-state index in [1.165, 1.54) is 10.9 Å². The topological polar surface area (TPSA) is 53.9 Å². The number of hydrogen-bond acceptors (Lipinski definition) is 3. The van der Waals surface area contributed by atoms with Crippen molar-refractivity contribution in [3.8, 4) is 0 Å². The number of imidazole rings is 1. The SMILES string of the molecule is O=C1CSC(c2c[nH]c3ccccc23)N1CCCn1ccnc1. The molecule has 1 atom stereocenters. The van der Waals surface area contributed by atoms with E-state index in [0.29, 0.717) is 5.75 Å². The maximum Gasteiger partial charge on any atom is 0.233 e. The smallest absolute Gasteiger partial charge is 0.233 e. The lowest BCUT2D eigenvalue weighted by Gasteiger charge is -2.23. The maximum atomic E-state index is 12.3. The zero-order valence-corrected chi connectivity index (χ0v) is 13.5. The minimum atomic E-state index is 0.112. The summed E-state index contributed by atoms with van der Waals surface area (Å²) in [6.07, 6.45) is 8.53. The molecular formula is C17H18N4OS. The summed E-state index contributed by atoms with van der Waals surface area (Å²) in [5, 5.41) is 1.32. The number of hydrogen-bond donors (Lipinski definition) is 1. The predicted octanol–water partition coefficient (Wildman–Crippen LogP) is 3.03. The molecule has 23 heavy (non-hydrogen) atoms.